The third kappa shape index (κ3) is 1.27. The summed E-state index contributed by atoms with van der Waals surface area (Å²) in [5.74, 6) is 0. The Morgan fingerprint density at radius 2 is 1.83 bits per heavy atom. The van der Waals surface area contributed by atoms with E-state index >= 15 is 0 Å². The SMILES string of the molecule is CCCN1C2CC1CN(CC)C2. The molecule has 0 radical (unpaired) electrons. The van der Waals surface area contributed by atoms with Gasteiger partial charge in [0.2, 0.25) is 0 Å². The van der Waals surface area contributed by atoms with Crippen molar-refractivity contribution in [3.05, 3.63) is 0 Å². The van der Waals surface area contributed by atoms with E-state index in [0.717, 1.165) is 12.1 Å². The van der Waals surface area contributed by atoms with Crippen LogP contribution >= 0.6 is 0 Å². The molecule has 2 unspecified atom stereocenters. The van der Waals surface area contributed by atoms with E-state index in [1.54, 1.807) is 0 Å². The average molecular weight is 168 g/mol. The summed E-state index contributed by atoms with van der Waals surface area (Å²) in [6.07, 6.45) is 2.79. The lowest BCUT2D eigenvalue weighted by Gasteiger charge is -2.56. The second kappa shape index (κ2) is 3.35. The first kappa shape index (κ1) is 8.52. The van der Waals surface area contributed by atoms with Gasteiger partial charge in [0.15, 0.2) is 0 Å². The molecule has 12 heavy (non-hydrogen) atoms. The van der Waals surface area contributed by atoms with Crippen LogP contribution in [0.4, 0.5) is 0 Å². The van der Waals surface area contributed by atoms with Gasteiger partial charge >= 0.3 is 0 Å². The second-order valence-electron chi connectivity index (χ2n) is 4.13. The maximum atomic E-state index is 2.70. The molecule has 0 aromatic carbocycles. The minimum absolute atomic E-state index is 0.906. The summed E-state index contributed by atoms with van der Waals surface area (Å²) in [6.45, 7) is 9.78. The Kier molecular flexibility index (Phi) is 2.37. The van der Waals surface area contributed by atoms with Crippen molar-refractivity contribution in [1.29, 1.82) is 0 Å². The van der Waals surface area contributed by atoms with Crippen LogP contribution < -0.4 is 0 Å². The zero-order chi connectivity index (χ0) is 8.55. The zero-order valence-corrected chi connectivity index (χ0v) is 8.29. The Morgan fingerprint density at radius 3 is 2.33 bits per heavy atom. The van der Waals surface area contributed by atoms with Crippen molar-refractivity contribution in [1.82, 2.24) is 9.80 Å². The van der Waals surface area contributed by atoms with Crippen LogP contribution in [0.1, 0.15) is 26.7 Å². The first-order valence-electron chi connectivity index (χ1n) is 5.33. The summed E-state index contributed by atoms with van der Waals surface area (Å²) < 4.78 is 0. The molecule has 0 spiro atoms. The molecule has 2 heteroatoms. The maximum Gasteiger partial charge on any atom is 0.0242 e. The normalized spacial score (nSPS) is 36.5. The van der Waals surface area contributed by atoms with Crippen LogP contribution in [-0.2, 0) is 0 Å². The summed E-state index contributed by atoms with van der Waals surface area (Å²) in [5.41, 5.74) is 0. The smallest absolute Gasteiger partial charge is 0.0242 e. The van der Waals surface area contributed by atoms with Gasteiger partial charge in [-0.15, -0.1) is 0 Å². The van der Waals surface area contributed by atoms with E-state index in [1.807, 2.05) is 0 Å². The first-order chi connectivity index (χ1) is 5.85. The molecule has 3 saturated heterocycles. The lowest BCUT2D eigenvalue weighted by atomic mass is 9.87. The van der Waals surface area contributed by atoms with E-state index in [-0.39, 0.29) is 0 Å². The summed E-state index contributed by atoms with van der Waals surface area (Å²) in [6, 6.07) is 1.81. The van der Waals surface area contributed by atoms with E-state index in [2.05, 4.69) is 23.6 Å². The molecule has 3 heterocycles. The third-order valence-electron chi connectivity index (χ3n) is 3.35. The Balaban J connectivity index is 1.85. The molecule has 3 aliphatic rings. The molecular weight excluding hydrogens is 148 g/mol. The van der Waals surface area contributed by atoms with Gasteiger partial charge in [-0.2, -0.15) is 0 Å². The molecule has 0 aliphatic carbocycles. The zero-order valence-electron chi connectivity index (χ0n) is 8.29. The molecule has 70 valence electrons. The minimum atomic E-state index is 0.906. The van der Waals surface area contributed by atoms with Crippen LogP contribution in [0.15, 0.2) is 0 Å². The fourth-order valence-electron chi connectivity index (χ4n) is 2.66. The molecule has 3 fully saturated rings. The highest BCUT2D eigenvalue weighted by Gasteiger charge is 2.42. The van der Waals surface area contributed by atoms with Crippen LogP contribution in [0.5, 0.6) is 0 Å². The predicted octanol–water partition coefficient (Wildman–Crippen LogP) is 1.17. The molecule has 3 rings (SSSR count). The van der Waals surface area contributed by atoms with Crippen LogP contribution in [0, 0.1) is 0 Å². The van der Waals surface area contributed by atoms with Crippen LogP contribution in [0.3, 0.4) is 0 Å². The summed E-state index contributed by atoms with van der Waals surface area (Å²) in [5, 5.41) is 0. The van der Waals surface area contributed by atoms with Crippen molar-refractivity contribution in [2.75, 3.05) is 26.2 Å². The number of piperazine rings is 1. The quantitative estimate of drug-likeness (QED) is 0.624. The lowest BCUT2D eigenvalue weighted by Crippen LogP contribution is -2.68. The van der Waals surface area contributed by atoms with Gasteiger partial charge in [0, 0.05) is 25.2 Å². The van der Waals surface area contributed by atoms with Crippen molar-refractivity contribution in [3.63, 3.8) is 0 Å². The largest absolute Gasteiger partial charge is 0.301 e. The van der Waals surface area contributed by atoms with Gasteiger partial charge in [-0.3, -0.25) is 4.90 Å². The van der Waals surface area contributed by atoms with Crippen molar-refractivity contribution in [2.24, 2.45) is 0 Å². The maximum absolute atomic E-state index is 2.70. The van der Waals surface area contributed by atoms with Crippen LogP contribution in [0.2, 0.25) is 0 Å². The Labute approximate surface area is 75.5 Å². The van der Waals surface area contributed by atoms with E-state index in [4.69, 9.17) is 0 Å². The van der Waals surface area contributed by atoms with Crippen molar-refractivity contribution >= 4 is 0 Å². The van der Waals surface area contributed by atoms with Crippen molar-refractivity contribution in [3.8, 4) is 0 Å². The number of fused-ring (bicyclic) bond motifs is 2. The predicted molar refractivity (Wildman–Crippen MR) is 51.3 cm³/mol. The number of piperidine rings is 1. The molecule has 0 aromatic rings. The van der Waals surface area contributed by atoms with Crippen LogP contribution in [0.25, 0.3) is 0 Å². The Bertz CT molecular complexity index is 146. The monoisotopic (exact) mass is 168 g/mol. The highest BCUT2D eigenvalue weighted by molar-refractivity contribution is 5.00. The van der Waals surface area contributed by atoms with E-state index in [1.165, 1.54) is 39.0 Å². The molecule has 3 aliphatic heterocycles. The van der Waals surface area contributed by atoms with Gasteiger partial charge in [0.05, 0.1) is 0 Å². The van der Waals surface area contributed by atoms with Gasteiger partial charge in [-0.05, 0) is 25.9 Å². The Hall–Kier alpha value is -0.0800. The molecule has 0 amide bonds. The van der Waals surface area contributed by atoms with E-state index in [9.17, 15) is 0 Å². The summed E-state index contributed by atoms with van der Waals surface area (Å²) in [7, 11) is 0. The minimum Gasteiger partial charge on any atom is -0.301 e. The second-order valence-corrected chi connectivity index (χ2v) is 4.13. The third-order valence-corrected chi connectivity index (χ3v) is 3.35. The van der Waals surface area contributed by atoms with E-state index in [0.29, 0.717) is 0 Å². The number of hydrogen-bond donors (Lipinski definition) is 0. The van der Waals surface area contributed by atoms with Gasteiger partial charge in [-0.1, -0.05) is 13.8 Å². The van der Waals surface area contributed by atoms with Crippen molar-refractivity contribution in [2.45, 2.75) is 38.8 Å². The van der Waals surface area contributed by atoms with Gasteiger partial charge in [-0.25, -0.2) is 0 Å². The number of nitrogens with zero attached hydrogens (tertiary/aromatic N) is 2. The van der Waals surface area contributed by atoms with E-state index < -0.39 is 0 Å². The molecule has 2 atom stereocenters. The number of rotatable bonds is 3. The molecule has 0 saturated carbocycles. The standard InChI is InChI=1S/C10H20N2/c1-3-5-12-9-6-10(12)8-11(4-2)7-9/h9-10H,3-8H2,1-2H3. The van der Waals surface area contributed by atoms with Gasteiger partial charge in [0.25, 0.3) is 0 Å². The summed E-state index contributed by atoms with van der Waals surface area (Å²) in [4.78, 5) is 5.29. The van der Waals surface area contributed by atoms with Gasteiger partial charge in [0.1, 0.15) is 0 Å². The average Bonchev–Trinajstić information content (AvgIpc) is 2.14. The molecule has 2 nitrogen and oxygen atoms in total. The number of hydrogen-bond acceptors (Lipinski definition) is 2. The Morgan fingerprint density at radius 1 is 1.17 bits per heavy atom. The van der Waals surface area contributed by atoms with Gasteiger partial charge < -0.3 is 4.90 Å². The molecular formula is C10H20N2. The summed E-state index contributed by atoms with van der Waals surface area (Å²) >= 11 is 0. The molecule has 0 aromatic heterocycles. The molecule has 0 N–H and O–H groups in total. The highest BCUT2D eigenvalue weighted by atomic mass is 15.3. The first-order valence-corrected chi connectivity index (χ1v) is 5.33. The topological polar surface area (TPSA) is 6.48 Å². The van der Waals surface area contributed by atoms with Crippen LogP contribution in [-0.4, -0.2) is 48.1 Å². The fraction of sp³-hybridized carbons (Fsp3) is 1.00. The molecule has 2 bridgehead atoms. The lowest BCUT2D eigenvalue weighted by molar-refractivity contribution is -0.0668. The number of likely N-dealkylation sites (N-methyl/N-ethyl adjacent to an activating group) is 1. The fourth-order valence-corrected chi connectivity index (χ4v) is 2.66. The van der Waals surface area contributed by atoms with Crippen molar-refractivity contribution < 1.29 is 0 Å². The highest BCUT2D eigenvalue weighted by Crippen LogP contribution is 2.31.